The Morgan fingerprint density at radius 3 is 2.67 bits per heavy atom. The van der Waals surface area contributed by atoms with Crippen LogP contribution in [0.25, 0.3) is 5.76 Å². The predicted octanol–water partition coefficient (Wildman–Crippen LogP) is 4.91. The average molecular weight is 286 g/mol. The zero-order valence-corrected chi connectivity index (χ0v) is 13.8. The highest BCUT2D eigenvalue weighted by molar-refractivity contribution is 5.64. The van der Waals surface area contributed by atoms with Crippen molar-refractivity contribution in [2.75, 3.05) is 13.7 Å². The number of benzene rings is 1. The summed E-state index contributed by atoms with van der Waals surface area (Å²) in [7, 11) is 1.67. The molecule has 1 atom stereocenters. The van der Waals surface area contributed by atoms with Gasteiger partial charge in [-0.2, -0.15) is 0 Å². The van der Waals surface area contributed by atoms with Crippen LogP contribution in [0.3, 0.4) is 0 Å². The first kappa shape index (κ1) is 15.7. The fraction of sp³-hybridized carbons (Fsp3) is 0.474. The van der Waals surface area contributed by atoms with Gasteiger partial charge in [-0.1, -0.05) is 52.5 Å². The molecule has 2 rings (SSSR count). The van der Waals surface area contributed by atoms with Crippen LogP contribution in [-0.2, 0) is 14.9 Å². The molecular weight excluding hydrogens is 260 g/mol. The standard InChI is InChI=1S/C19H26O2/c1-7-19(14(2)20-6)12-17(21-13-19)15-9-8-10-16(11-15)18(3,4)5/h8-12H,2,7,13H2,1,3-6H3. The van der Waals surface area contributed by atoms with Gasteiger partial charge in [-0.05, 0) is 29.5 Å². The zero-order valence-electron chi connectivity index (χ0n) is 13.8. The van der Waals surface area contributed by atoms with Crippen LogP contribution in [0.5, 0.6) is 0 Å². The van der Waals surface area contributed by atoms with Crippen molar-refractivity contribution in [1.29, 1.82) is 0 Å². The van der Waals surface area contributed by atoms with Crippen molar-refractivity contribution in [1.82, 2.24) is 0 Å². The second kappa shape index (κ2) is 5.59. The Bertz CT molecular complexity index is 563. The quantitative estimate of drug-likeness (QED) is 0.732. The van der Waals surface area contributed by atoms with Gasteiger partial charge < -0.3 is 9.47 Å². The number of hydrogen-bond donors (Lipinski definition) is 0. The molecule has 1 aromatic rings. The molecule has 1 aliphatic rings. The van der Waals surface area contributed by atoms with E-state index in [0.717, 1.165) is 23.5 Å². The largest absolute Gasteiger partial charge is 0.501 e. The first-order chi connectivity index (χ1) is 9.82. The van der Waals surface area contributed by atoms with Gasteiger partial charge >= 0.3 is 0 Å². The maximum Gasteiger partial charge on any atom is 0.123 e. The lowest BCUT2D eigenvalue weighted by Crippen LogP contribution is -2.22. The minimum absolute atomic E-state index is 0.132. The van der Waals surface area contributed by atoms with E-state index in [-0.39, 0.29) is 10.8 Å². The van der Waals surface area contributed by atoms with Gasteiger partial charge in [0.2, 0.25) is 0 Å². The molecule has 0 saturated carbocycles. The minimum Gasteiger partial charge on any atom is -0.501 e. The maximum absolute atomic E-state index is 5.96. The third kappa shape index (κ3) is 2.99. The lowest BCUT2D eigenvalue weighted by atomic mass is 9.83. The molecule has 1 heterocycles. The van der Waals surface area contributed by atoms with Crippen molar-refractivity contribution in [3.05, 3.63) is 53.8 Å². The van der Waals surface area contributed by atoms with E-state index in [4.69, 9.17) is 9.47 Å². The number of hydrogen-bond acceptors (Lipinski definition) is 2. The molecule has 114 valence electrons. The summed E-state index contributed by atoms with van der Waals surface area (Å²) < 4.78 is 11.3. The normalized spacial score (nSPS) is 21.7. The summed E-state index contributed by atoms with van der Waals surface area (Å²) >= 11 is 0. The molecule has 0 amide bonds. The van der Waals surface area contributed by atoms with E-state index in [1.54, 1.807) is 7.11 Å². The van der Waals surface area contributed by atoms with Crippen LogP contribution in [0.1, 0.15) is 45.2 Å². The van der Waals surface area contributed by atoms with Crippen LogP contribution in [0, 0.1) is 5.41 Å². The summed E-state index contributed by atoms with van der Waals surface area (Å²) in [5.74, 6) is 1.70. The van der Waals surface area contributed by atoms with E-state index in [0.29, 0.717) is 6.61 Å². The molecule has 0 N–H and O–H groups in total. The Morgan fingerprint density at radius 2 is 2.10 bits per heavy atom. The Balaban J connectivity index is 2.38. The molecular formula is C19H26O2. The Morgan fingerprint density at radius 1 is 1.38 bits per heavy atom. The van der Waals surface area contributed by atoms with E-state index in [1.807, 2.05) is 0 Å². The van der Waals surface area contributed by atoms with Crippen molar-refractivity contribution < 1.29 is 9.47 Å². The predicted molar refractivity (Wildman–Crippen MR) is 87.9 cm³/mol. The van der Waals surface area contributed by atoms with Gasteiger partial charge in [0.25, 0.3) is 0 Å². The van der Waals surface area contributed by atoms with Crippen LogP contribution in [0.15, 0.2) is 42.7 Å². The van der Waals surface area contributed by atoms with Crippen LogP contribution >= 0.6 is 0 Å². The average Bonchev–Trinajstić information content (AvgIpc) is 2.91. The summed E-state index contributed by atoms with van der Waals surface area (Å²) in [4.78, 5) is 0. The lowest BCUT2D eigenvalue weighted by molar-refractivity contribution is 0.146. The molecule has 0 saturated heterocycles. The van der Waals surface area contributed by atoms with Crippen molar-refractivity contribution in [2.24, 2.45) is 5.41 Å². The molecule has 1 aromatic carbocycles. The lowest BCUT2D eigenvalue weighted by Gasteiger charge is -2.24. The van der Waals surface area contributed by atoms with Crippen molar-refractivity contribution in [3.63, 3.8) is 0 Å². The molecule has 0 aliphatic carbocycles. The number of methoxy groups -OCH3 is 1. The second-order valence-corrected chi connectivity index (χ2v) is 6.77. The Labute approximate surface area is 128 Å². The molecule has 0 fully saturated rings. The highest BCUT2D eigenvalue weighted by Crippen LogP contribution is 2.42. The van der Waals surface area contributed by atoms with Gasteiger partial charge in [0.1, 0.15) is 18.1 Å². The molecule has 21 heavy (non-hydrogen) atoms. The highest BCUT2D eigenvalue weighted by atomic mass is 16.5. The van der Waals surface area contributed by atoms with Crippen LogP contribution in [-0.4, -0.2) is 13.7 Å². The number of rotatable bonds is 4. The van der Waals surface area contributed by atoms with E-state index in [2.05, 4.69) is 64.6 Å². The monoisotopic (exact) mass is 286 g/mol. The van der Waals surface area contributed by atoms with Gasteiger partial charge in [0, 0.05) is 5.56 Å². The van der Waals surface area contributed by atoms with E-state index < -0.39 is 0 Å². The first-order valence-electron chi connectivity index (χ1n) is 7.52. The van der Waals surface area contributed by atoms with E-state index in [1.165, 1.54) is 5.56 Å². The fourth-order valence-corrected chi connectivity index (χ4v) is 2.61. The third-order valence-electron chi connectivity index (χ3n) is 4.34. The van der Waals surface area contributed by atoms with Crippen LogP contribution in [0.2, 0.25) is 0 Å². The van der Waals surface area contributed by atoms with Gasteiger partial charge in [-0.3, -0.25) is 0 Å². The maximum atomic E-state index is 5.96. The first-order valence-corrected chi connectivity index (χ1v) is 7.52. The SMILES string of the molecule is C=C(OC)C1(CC)C=C(c2cccc(C(C)(C)C)c2)OC1. The molecule has 1 unspecified atom stereocenters. The topological polar surface area (TPSA) is 18.5 Å². The van der Waals surface area contributed by atoms with Gasteiger partial charge in [-0.25, -0.2) is 0 Å². The molecule has 0 radical (unpaired) electrons. The molecule has 2 heteroatoms. The van der Waals surface area contributed by atoms with Gasteiger partial charge in [-0.15, -0.1) is 0 Å². The molecule has 1 aliphatic heterocycles. The van der Waals surface area contributed by atoms with Gasteiger partial charge in [0.05, 0.1) is 12.5 Å². The minimum atomic E-state index is -0.207. The third-order valence-corrected chi connectivity index (χ3v) is 4.34. The molecule has 2 nitrogen and oxygen atoms in total. The second-order valence-electron chi connectivity index (χ2n) is 6.77. The zero-order chi connectivity index (χ0) is 15.7. The summed E-state index contributed by atoms with van der Waals surface area (Å²) in [6, 6.07) is 8.58. The van der Waals surface area contributed by atoms with Crippen LogP contribution in [0.4, 0.5) is 0 Å². The summed E-state index contributed by atoms with van der Waals surface area (Å²) in [6.07, 6.45) is 3.09. The van der Waals surface area contributed by atoms with Crippen molar-refractivity contribution in [2.45, 2.75) is 39.5 Å². The Kier molecular flexibility index (Phi) is 4.18. The van der Waals surface area contributed by atoms with Crippen molar-refractivity contribution in [3.8, 4) is 0 Å². The highest BCUT2D eigenvalue weighted by Gasteiger charge is 2.37. The Hall–Kier alpha value is -1.70. The summed E-state index contributed by atoms with van der Waals surface area (Å²) in [5.41, 5.74) is 2.36. The number of ether oxygens (including phenoxy) is 2. The molecule has 0 spiro atoms. The molecule has 0 aromatic heterocycles. The van der Waals surface area contributed by atoms with E-state index in [9.17, 15) is 0 Å². The van der Waals surface area contributed by atoms with Gasteiger partial charge in [0.15, 0.2) is 0 Å². The summed E-state index contributed by atoms with van der Waals surface area (Å²) in [5, 5.41) is 0. The smallest absolute Gasteiger partial charge is 0.123 e. The molecule has 0 bridgehead atoms. The summed E-state index contributed by atoms with van der Waals surface area (Å²) in [6.45, 7) is 13.4. The van der Waals surface area contributed by atoms with Crippen LogP contribution < -0.4 is 0 Å². The fourth-order valence-electron chi connectivity index (χ4n) is 2.61. The van der Waals surface area contributed by atoms with Crippen molar-refractivity contribution >= 4 is 5.76 Å². The van der Waals surface area contributed by atoms with E-state index >= 15 is 0 Å².